The lowest BCUT2D eigenvalue weighted by atomic mass is 10.1. The number of aromatic nitrogens is 2. The summed E-state index contributed by atoms with van der Waals surface area (Å²) in [5.41, 5.74) is 2.18. The SMILES string of the molecule is CC(=O)c1c(C)nn(CCC(=O)N[C@H]2C[C@H]3CO[C@@H](CCO)CN3C2)c1C. The van der Waals surface area contributed by atoms with E-state index in [0.29, 0.717) is 43.3 Å². The van der Waals surface area contributed by atoms with Gasteiger partial charge in [-0.05, 0) is 33.6 Å². The molecule has 0 spiro atoms. The van der Waals surface area contributed by atoms with Crippen LogP contribution < -0.4 is 5.32 Å². The number of nitrogens with zero attached hydrogens (tertiary/aromatic N) is 3. The molecule has 0 unspecified atom stereocenters. The van der Waals surface area contributed by atoms with E-state index in [0.717, 1.165) is 25.2 Å². The molecule has 2 aliphatic rings. The van der Waals surface area contributed by atoms with Crippen LogP contribution in [0.25, 0.3) is 0 Å². The van der Waals surface area contributed by atoms with Crippen LogP contribution >= 0.6 is 0 Å². The molecule has 0 aliphatic carbocycles. The van der Waals surface area contributed by atoms with Gasteiger partial charge in [-0.15, -0.1) is 0 Å². The van der Waals surface area contributed by atoms with E-state index in [2.05, 4.69) is 15.3 Å². The number of nitrogens with one attached hydrogen (secondary N) is 1. The van der Waals surface area contributed by atoms with Crippen LogP contribution in [0.1, 0.15) is 47.9 Å². The number of fused-ring (bicyclic) bond motifs is 1. The third kappa shape index (κ3) is 4.56. The number of aliphatic hydroxyl groups excluding tert-OH is 1. The monoisotopic (exact) mass is 378 g/mol. The minimum absolute atomic E-state index is 0.00426. The first-order valence-electron chi connectivity index (χ1n) is 9.69. The quantitative estimate of drug-likeness (QED) is 0.668. The minimum atomic E-state index is 0.00426. The van der Waals surface area contributed by atoms with Gasteiger partial charge in [-0.1, -0.05) is 0 Å². The molecule has 0 bridgehead atoms. The summed E-state index contributed by atoms with van der Waals surface area (Å²) in [6.45, 7) is 8.14. The lowest BCUT2D eigenvalue weighted by Gasteiger charge is -2.34. The second kappa shape index (κ2) is 8.50. The van der Waals surface area contributed by atoms with Gasteiger partial charge in [-0.2, -0.15) is 5.10 Å². The third-order valence-corrected chi connectivity index (χ3v) is 5.59. The van der Waals surface area contributed by atoms with Crippen molar-refractivity contribution in [3.63, 3.8) is 0 Å². The molecular formula is C19H30N4O4. The molecule has 1 amide bonds. The Morgan fingerprint density at radius 1 is 1.33 bits per heavy atom. The molecule has 8 nitrogen and oxygen atoms in total. The zero-order valence-corrected chi connectivity index (χ0v) is 16.4. The van der Waals surface area contributed by atoms with Gasteiger partial charge in [0, 0.05) is 50.4 Å². The molecule has 2 aliphatic heterocycles. The number of rotatable bonds is 7. The fraction of sp³-hybridized carbons (Fsp3) is 0.737. The van der Waals surface area contributed by atoms with Crippen LogP contribution in [0.2, 0.25) is 0 Å². The Labute approximate surface area is 159 Å². The minimum Gasteiger partial charge on any atom is -0.396 e. The molecular weight excluding hydrogens is 348 g/mol. The second-order valence-electron chi connectivity index (χ2n) is 7.65. The van der Waals surface area contributed by atoms with Crippen LogP contribution in [0.5, 0.6) is 0 Å². The Hall–Kier alpha value is -1.77. The summed E-state index contributed by atoms with van der Waals surface area (Å²) in [6, 6.07) is 0.478. The number of hydrogen-bond donors (Lipinski definition) is 2. The van der Waals surface area contributed by atoms with Gasteiger partial charge in [-0.25, -0.2) is 0 Å². The van der Waals surface area contributed by atoms with Crippen molar-refractivity contribution in [2.45, 2.75) is 64.8 Å². The van der Waals surface area contributed by atoms with E-state index in [-0.39, 0.29) is 30.4 Å². The van der Waals surface area contributed by atoms with Crippen molar-refractivity contribution in [3.8, 4) is 0 Å². The number of carbonyl (C=O) groups is 2. The molecule has 2 N–H and O–H groups in total. The molecule has 3 rings (SSSR count). The molecule has 0 aromatic carbocycles. The van der Waals surface area contributed by atoms with Crippen LogP contribution in [-0.4, -0.2) is 76.0 Å². The molecule has 0 radical (unpaired) electrons. The Bertz CT molecular complexity index is 702. The van der Waals surface area contributed by atoms with Crippen LogP contribution in [0.4, 0.5) is 0 Å². The smallest absolute Gasteiger partial charge is 0.222 e. The summed E-state index contributed by atoms with van der Waals surface area (Å²) in [5, 5.41) is 16.6. The lowest BCUT2D eigenvalue weighted by Crippen LogP contribution is -2.46. The number of ether oxygens (including phenoxy) is 1. The number of morpholine rings is 1. The van der Waals surface area contributed by atoms with Crippen LogP contribution in [-0.2, 0) is 16.1 Å². The Balaban J connectivity index is 1.48. The van der Waals surface area contributed by atoms with E-state index in [1.807, 2.05) is 13.8 Å². The Morgan fingerprint density at radius 2 is 2.11 bits per heavy atom. The Morgan fingerprint density at radius 3 is 2.78 bits per heavy atom. The van der Waals surface area contributed by atoms with Gasteiger partial charge in [0.05, 0.1) is 24.0 Å². The number of carbonyl (C=O) groups excluding carboxylic acids is 2. The van der Waals surface area contributed by atoms with Crippen LogP contribution in [0, 0.1) is 13.8 Å². The number of aliphatic hydroxyl groups is 1. The van der Waals surface area contributed by atoms with Crippen molar-refractivity contribution in [1.29, 1.82) is 0 Å². The first-order chi connectivity index (χ1) is 12.9. The molecule has 3 heterocycles. The zero-order chi connectivity index (χ0) is 19.6. The summed E-state index contributed by atoms with van der Waals surface area (Å²) in [6.07, 6.45) is 1.98. The number of aryl methyl sites for hydroxylation is 2. The van der Waals surface area contributed by atoms with Gasteiger partial charge >= 0.3 is 0 Å². The van der Waals surface area contributed by atoms with Gasteiger partial charge in [0.15, 0.2) is 5.78 Å². The van der Waals surface area contributed by atoms with E-state index >= 15 is 0 Å². The predicted molar refractivity (Wildman–Crippen MR) is 99.7 cm³/mol. The highest BCUT2D eigenvalue weighted by Crippen LogP contribution is 2.24. The van der Waals surface area contributed by atoms with Crippen molar-refractivity contribution in [3.05, 3.63) is 17.0 Å². The summed E-state index contributed by atoms with van der Waals surface area (Å²) in [4.78, 5) is 26.4. The van der Waals surface area contributed by atoms with Crippen molar-refractivity contribution in [1.82, 2.24) is 20.0 Å². The molecule has 1 aromatic rings. The van der Waals surface area contributed by atoms with Crippen molar-refractivity contribution < 1.29 is 19.4 Å². The van der Waals surface area contributed by atoms with Gasteiger partial charge in [0.2, 0.25) is 5.91 Å². The number of Topliss-reactive ketones (excluding diaryl/α,β-unsaturated/α-hetero) is 1. The van der Waals surface area contributed by atoms with Crippen LogP contribution in [0.15, 0.2) is 0 Å². The number of ketones is 1. The predicted octanol–water partition coefficient (Wildman–Crippen LogP) is 0.433. The summed E-state index contributed by atoms with van der Waals surface area (Å²) >= 11 is 0. The molecule has 0 saturated carbocycles. The molecule has 150 valence electrons. The highest BCUT2D eigenvalue weighted by Gasteiger charge is 2.37. The molecule has 27 heavy (non-hydrogen) atoms. The molecule has 3 atom stereocenters. The standard InChI is InChI=1S/C19H30N4O4/c1-12-19(14(3)25)13(2)23(21-12)6-4-18(26)20-15-8-16-11-27-17(5-7-24)10-22(16)9-15/h15-17,24H,4-11H2,1-3H3,(H,20,26)/t15-,16-,17-/m0/s1. The maximum Gasteiger partial charge on any atom is 0.222 e. The van der Waals surface area contributed by atoms with Crippen molar-refractivity contribution in [2.24, 2.45) is 0 Å². The lowest BCUT2D eigenvalue weighted by molar-refractivity contribution is -0.122. The normalized spacial score (nSPS) is 25.4. The Kier molecular flexibility index (Phi) is 6.29. The first-order valence-corrected chi connectivity index (χ1v) is 9.69. The molecule has 2 saturated heterocycles. The average molecular weight is 378 g/mol. The number of hydrogen-bond acceptors (Lipinski definition) is 6. The van der Waals surface area contributed by atoms with E-state index < -0.39 is 0 Å². The summed E-state index contributed by atoms with van der Waals surface area (Å²) in [5.74, 6) is 0.00892. The molecule has 8 heteroatoms. The maximum absolute atomic E-state index is 12.4. The van der Waals surface area contributed by atoms with Gasteiger partial charge in [0.25, 0.3) is 0 Å². The number of amides is 1. The largest absolute Gasteiger partial charge is 0.396 e. The van der Waals surface area contributed by atoms with E-state index in [9.17, 15) is 9.59 Å². The highest BCUT2D eigenvalue weighted by molar-refractivity contribution is 5.96. The van der Waals surface area contributed by atoms with Crippen molar-refractivity contribution in [2.75, 3.05) is 26.3 Å². The van der Waals surface area contributed by atoms with E-state index in [4.69, 9.17) is 9.84 Å². The molecule has 1 aromatic heterocycles. The maximum atomic E-state index is 12.4. The second-order valence-corrected chi connectivity index (χ2v) is 7.65. The van der Waals surface area contributed by atoms with Gasteiger partial charge in [0.1, 0.15) is 0 Å². The highest BCUT2D eigenvalue weighted by atomic mass is 16.5. The van der Waals surface area contributed by atoms with Gasteiger partial charge < -0.3 is 15.2 Å². The zero-order valence-electron chi connectivity index (χ0n) is 16.4. The topological polar surface area (TPSA) is 96.7 Å². The van der Waals surface area contributed by atoms with Crippen LogP contribution in [0.3, 0.4) is 0 Å². The van der Waals surface area contributed by atoms with E-state index in [1.165, 1.54) is 6.92 Å². The third-order valence-electron chi connectivity index (χ3n) is 5.59. The fourth-order valence-corrected chi connectivity index (χ4v) is 4.30. The molecule has 2 fully saturated rings. The van der Waals surface area contributed by atoms with Gasteiger partial charge in [-0.3, -0.25) is 19.2 Å². The fourth-order valence-electron chi connectivity index (χ4n) is 4.30. The average Bonchev–Trinajstić information content (AvgIpc) is 3.12. The van der Waals surface area contributed by atoms with E-state index in [1.54, 1.807) is 4.68 Å². The summed E-state index contributed by atoms with van der Waals surface area (Å²) in [7, 11) is 0. The summed E-state index contributed by atoms with van der Waals surface area (Å²) < 4.78 is 7.53. The van der Waals surface area contributed by atoms with Crippen molar-refractivity contribution >= 4 is 11.7 Å². The first kappa shape index (κ1) is 20.0.